The number of hydrogen-bond donors (Lipinski definition) is 1. The quantitative estimate of drug-likeness (QED) is 0.783. The van der Waals surface area contributed by atoms with E-state index in [2.05, 4.69) is 4.98 Å². The number of thiazole rings is 1. The summed E-state index contributed by atoms with van der Waals surface area (Å²) in [6.07, 6.45) is 0. The van der Waals surface area contributed by atoms with Gasteiger partial charge in [-0.1, -0.05) is 6.07 Å². The van der Waals surface area contributed by atoms with Crippen molar-refractivity contribution in [1.29, 1.82) is 0 Å². The standard InChI is InChI=1S/C12H7NO2S3/c14-12(15)7-4-10(17-5-7)8-6-18-11(13-8)9-2-1-3-16-9/h1-6H,(H,14,15). The molecular weight excluding hydrogens is 286 g/mol. The average molecular weight is 293 g/mol. The molecule has 0 saturated heterocycles. The monoisotopic (exact) mass is 293 g/mol. The maximum atomic E-state index is 10.8. The van der Waals surface area contributed by atoms with Gasteiger partial charge in [0.1, 0.15) is 5.01 Å². The second-order valence-electron chi connectivity index (χ2n) is 3.52. The highest BCUT2D eigenvalue weighted by molar-refractivity contribution is 7.20. The molecule has 0 aliphatic rings. The molecule has 0 aliphatic heterocycles. The molecule has 0 spiro atoms. The van der Waals surface area contributed by atoms with Gasteiger partial charge in [0.25, 0.3) is 0 Å². The van der Waals surface area contributed by atoms with Crippen molar-refractivity contribution in [1.82, 2.24) is 4.98 Å². The van der Waals surface area contributed by atoms with Crippen molar-refractivity contribution in [2.45, 2.75) is 0 Å². The van der Waals surface area contributed by atoms with Crippen molar-refractivity contribution in [2.75, 3.05) is 0 Å². The summed E-state index contributed by atoms with van der Waals surface area (Å²) < 4.78 is 0. The van der Waals surface area contributed by atoms with E-state index < -0.39 is 5.97 Å². The van der Waals surface area contributed by atoms with Crippen molar-refractivity contribution in [3.05, 3.63) is 39.9 Å². The van der Waals surface area contributed by atoms with Gasteiger partial charge >= 0.3 is 5.97 Å². The Kier molecular flexibility index (Phi) is 2.99. The molecule has 0 radical (unpaired) electrons. The molecule has 0 unspecified atom stereocenters. The third kappa shape index (κ3) is 2.10. The van der Waals surface area contributed by atoms with E-state index in [-0.39, 0.29) is 0 Å². The van der Waals surface area contributed by atoms with Crippen molar-refractivity contribution in [3.63, 3.8) is 0 Å². The van der Waals surface area contributed by atoms with Crippen LogP contribution < -0.4 is 0 Å². The summed E-state index contributed by atoms with van der Waals surface area (Å²) in [5.41, 5.74) is 1.17. The fourth-order valence-electron chi connectivity index (χ4n) is 1.48. The average Bonchev–Trinajstić information content (AvgIpc) is 3.10. The van der Waals surface area contributed by atoms with Crippen LogP contribution in [0.2, 0.25) is 0 Å². The zero-order valence-electron chi connectivity index (χ0n) is 8.99. The smallest absolute Gasteiger partial charge is 0.336 e. The van der Waals surface area contributed by atoms with E-state index >= 15 is 0 Å². The lowest BCUT2D eigenvalue weighted by atomic mass is 10.3. The molecule has 0 amide bonds. The summed E-state index contributed by atoms with van der Waals surface area (Å²) in [5.74, 6) is -0.897. The van der Waals surface area contributed by atoms with Gasteiger partial charge in [0.05, 0.1) is 21.0 Å². The molecule has 0 aliphatic carbocycles. The maximum absolute atomic E-state index is 10.8. The van der Waals surface area contributed by atoms with Crippen molar-refractivity contribution in [3.8, 4) is 20.5 Å². The largest absolute Gasteiger partial charge is 0.478 e. The second kappa shape index (κ2) is 4.64. The summed E-state index contributed by atoms with van der Waals surface area (Å²) >= 11 is 4.64. The van der Waals surface area contributed by atoms with E-state index in [4.69, 9.17) is 5.11 Å². The Morgan fingerprint density at radius 3 is 2.72 bits per heavy atom. The Morgan fingerprint density at radius 2 is 2.06 bits per heavy atom. The Balaban J connectivity index is 1.95. The number of thiophene rings is 2. The molecule has 3 aromatic heterocycles. The van der Waals surface area contributed by atoms with Gasteiger partial charge < -0.3 is 5.11 Å². The Hall–Kier alpha value is -1.50. The molecule has 3 rings (SSSR count). The number of aromatic nitrogens is 1. The molecule has 3 nitrogen and oxygen atoms in total. The maximum Gasteiger partial charge on any atom is 0.336 e. The SMILES string of the molecule is O=C(O)c1csc(-c2csc(-c3cccs3)n2)c1. The molecule has 6 heteroatoms. The lowest BCUT2D eigenvalue weighted by molar-refractivity contribution is 0.0697. The predicted octanol–water partition coefficient (Wildman–Crippen LogP) is 4.30. The van der Waals surface area contributed by atoms with E-state index in [1.165, 1.54) is 11.3 Å². The summed E-state index contributed by atoms with van der Waals surface area (Å²) in [6.45, 7) is 0. The Morgan fingerprint density at radius 1 is 1.17 bits per heavy atom. The molecule has 0 bridgehead atoms. The number of rotatable bonds is 3. The van der Waals surface area contributed by atoms with Crippen LogP contribution in [-0.2, 0) is 0 Å². The fourth-order valence-corrected chi connectivity index (χ4v) is 4.03. The Bertz CT molecular complexity index is 682. The van der Waals surface area contributed by atoms with Gasteiger partial charge in [0.15, 0.2) is 0 Å². The van der Waals surface area contributed by atoms with Crippen LogP contribution in [0.4, 0.5) is 0 Å². The van der Waals surface area contributed by atoms with E-state index in [1.54, 1.807) is 34.1 Å². The van der Waals surface area contributed by atoms with Crippen molar-refractivity contribution >= 4 is 40.0 Å². The van der Waals surface area contributed by atoms with Gasteiger partial charge in [-0.05, 0) is 17.5 Å². The van der Waals surface area contributed by atoms with Crippen molar-refractivity contribution < 1.29 is 9.90 Å². The first-order valence-corrected chi connectivity index (χ1v) is 7.69. The third-order valence-electron chi connectivity index (χ3n) is 2.34. The molecular formula is C12H7NO2S3. The van der Waals surface area contributed by atoms with E-state index in [0.29, 0.717) is 5.56 Å². The van der Waals surface area contributed by atoms with Gasteiger partial charge in [-0.2, -0.15) is 0 Å². The molecule has 3 heterocycles. The van der Waals surface area contributed by atoms with Crippen LogP contribution in [0.25, 0.3) is 20.5 Å². The minimum atomic E-state index is -0.897. The topological polar surface area (TPSA) is 50.2 Å². The van der Waals surface area contributed by atoms with Gasteiger partial charge in [0, 0.05) is 10.8 Å². The Labute approximate surface area is 115 Å². The van der Waals surface area contributed by atoms with Gasteiger partial charge in [-0.25, -0.2) is 9.78 Å². The number of nitrogens with zero attached hydrogens (tertiary/aromatic N) is 1. The molecule has 0 saturated carbocycles. The van der Waals surface area contributed by atoms with E-state index in [1.807, 2.05) is 22.9 Å². The lowest BCUT2D eigenvalue weighted by Gasteiger charge is -1.89. The fraction of sp³-hybridized carbons (Fsp3) is 0. The third-order valence-corrected chi connectivity index (χ3v) is 5.17. The number of carbonyl (C=O) groups is 1. The highest BCUT2D eigenvalue weighted by Gasteiger charge is 2.11. The minimum Gasteiger partial charge on any atom is -0.478 e. The van der Waals surface area contributed by atoms with E-state index in [9.17, 15) is 4.79 Å². The summed E-state index contributed by atoms with van der Waals surface area (Å²) in [6, 6.07) is 5.69. The second-order valence-corrected chi connectivity index (χ2v) is 6.24. The van der Waals surface area contributed by atoms with E-state index in [0.717, 1.165) is 20.5 Å². The lowest BCUT2D eigenvalue weighted by Crippen LogP contribution is -1.91. The zero-order valence-corrected chi connectivity index (χ0v) is 11.4. The van der Waals surface area contributed by atoms with Gasteiger partial charge in [0.2, 0.25) is 0 Å². The van der Waals surface area contributed by atoms with Crippen LogP contribution >= 0.6 is 34.0 Å². The van der Waals surface area contributed by atoms with Crippen LogP contribution in [0.1, 0.15) is 10.4 Å². The summed E-state index contributed by atoms with van der Waals surface area (Å²) in [5, 5.41) is 15.5. The van der Waals surface area contributed by atoms with Gasteiger partial charge in [-0.3, -0.25) is 0 Å². The number of carboxylic acid groups (broad SMARTS) is 1. The number of aromatic carboxylic acids is 1. The van der Waals surface area contributed by atoms with Crippen LogP contribution in [-0.4, -0.2) is 16.1 Å². The predicted molar refractivity (Wildman–Crippen MR) is 75.7 cm³/mol. The molecule has 0 atom stereocenters. The minimum absolute atomic E-state index is 0.320. The molecule has 0 aromatic carbocycles. The van der Waals surface area contributed by atoms with Crippen LogP contribution in [0, 0.1) is 0 Å². The highest BCUT2D eigenvalue weighted by Crippen LogP contribution is 2.33. The van der Waals surface area contributed by atoms with Crippen LogP contribution in [0.15, 0.2) is 34.3 Å². The molecule has 0 fully saturated rings. The summed E-state index contributed by atoms with van der Waals surface area (Å²) in [7, 11) is 0. The van der Waals surface area contributed by atoms with Crippen LogP contribution in [0.5, 0.6) is 0 Å². The van der Waals surface area contributed by atoms with Crippen molar-refractivity contribution in [2.24, 2.45) is 0 Å². The molecule has 90 valence electrons. The number of carboxylic acids is 1. The first-order valence-electron chi connectivity index (χ1n) is 5.05. The summed E-state index contributed by atoms with van der Waals surface area (Å²) in [4.78, 5) is 17.4. The molecule has 3 aromatic rings. The van der Waals surface area contributed by atoms with Gasteiger partial charge in [-0.15, -0.1) is 34.0 Å². The first kappa shape index (κ1) is 11.6. The normalized spacial score (nSPS) is 10.7. The first-order chi connectivity index (χ1) is 8.74. The zero-order chi connectivity index (χ0) is 12.5. The molecule has 1 N–H and O–H groups in total. The number of hydrogen-bond acceptors (Lipinski definition) is 5. The highest BCUT2D eigenvalue weighted by atomic mass is 32.1. The van der Waals surface area contributed by atoms with Crippen LogP contribution in [0.3, 0.4) is 0 Å². The molecule has 18 heavy (non-hydrogen) atoms.